The monoisotopic (exact) mass is 237 g/mol. The van der Waals surface area contributed by atoms with Crippen LogP contribution in [-0.4, -0.2) is 48.8 Å². The van der Waals surface area contributed by atoms with Crippen LogP contribution in [0.3, 0.4) is 0 Å². The summed E-state index contributed by atoms with van der Waals surface area (Å²) >= 11 is 0. The maximum atomic E-state index is 10.2. The van der Waals surface area contributed by atoms with Crippen LogP contribution in [0.4, 0.5) is 0 Å². The van der Waals surface area contributed by atoms with E-state index in [0.717, 1.165) is 26.3 Å². The van der Waals surface area contributed by atoms with Gasteiger partial charge in [-0.2, -0.15) is 0 Å². The molecular weight excluding hydrogens is 218 g/mol. The highest BCUT2D eigenvalue weighted by Crippen LogP contribution is 1.96. The van der Waals surface area contributed by atoms with Crippen molar-refractivity contribution in [3.05, 3.63) is 35.9 Å². The van der Waals surface area contributed by atoms with Crippen LogP contribution in [0, 0.1) is 0 Å². The Bertz CT molecular complexity index is 321. The number of rotatable bonds is 2. The molecule has 94 valence electrons. The summed E-state index contributed by atoms with van der Waals surface area (Å²) in [6, 6.07) is 8.30. The first-order chi connectivity index (χ1) is 8.24. The summed E-state index contributed by atoms with van der Waals surface area (Å²) < 4.78 is 5.16. The molecule has 17 heavy (non-hydrogen) atoms. The lowest BCUT2D eigenvalue weighted by Gasteiger charge is -2.24. The molecule has 0 bridgehead atoms. The number of hydrogen-bond donors (Lipinski definition) is 1. The molecule has 1 heterocycles. The number of aromatic carboxylic acids is 1. The van der Waals surface area contributed by atoms with E-state index in [9.17, 15) is 4.79 Å². The summed E-state index contributed by atoms with van der Waals surface area (Å²) in [7, 11) is 0. The molecule has 0 amide bonds. The Kier molecular flexibility index (Phi) is 6.29. The molecule has 1 aliphatic rings. The molecule has 0 atom stereocenters. The van der Waals surface area contributed by atoms with Gasteiger partial charge in [0.15, 0.2) is 0 Å². The third-order valence-electron chi connectivity index (χ3n) is 2.57. The second-order valence-electron chi connectivity index (χ2n) is 3.72. The number of ether oxygens (including phenoxy) is 1. The van der Waals surface area contributed by atoms with E-state index < -0.39 is 5.97 Å². The van der Waals surface area contributed by atoms with E-state index in [-0.39, 0.29) is 0 Å². The molecule has 2 rings (SSSR count). The molecule has 1 aromatic carbocycles. The fourth-order valence-electron chi connectivity index (χ4n) is 1.50. The third-order valence-corrected chi connectivity index (χ3v) is 2.57. The predicted octanol–water partition coefficient (Wildman–Crippen LogP) is 1.72. The lowest BCUT2D eigenvalue weighted by atomic mass is 10.2. The second kappa shape index (κ2) is 7.81. The van der Waals surface area contributed by atoms with Gasteiger partial charge < -0.3 is 9.84 Å². The van der Waals surface area contributed by atoms with Crippen molar-refractivity contribution in [1.82, 2.24) is 4.90 Å². The standard InChI is InChI=1S/C7H6O2.C6H13NO/c8-7(9)6-4-2-1-3-5-6;1-2-7-3-5-8-6-4-7/h1-5H,(H,8,9);2-6H2,1H3. The number of morpholine rings is 1. The van der Waals surface area contributed by atoms with Gasteiger partial charge in [-0.1, -0.05) is 25.1 Å². The summed E-state index contributed by atoms with van der Waals surface area (Å²) in [4.78, 5) is 12.6. The van der Waals surface area contributed by atoms with E-state index in [1.54, 1.807) is 30.3 Å². The van der Waals surface area contributed by atoms with Crippen molar-refractivity contribution < 1.29 is 14.6 Å². The number of carbonyl (C=O) groups is 1. The smallest absolute Gasteiger partial charge is 0.335 e. The molecule has 1 aromatic rings. The molecule has 0 aromatic heterocycles. The largest absolute Gasteiger partial charge is 0.478 e. The Morgan fingerprint density at radius 3 is 2.24 bits per heavy atom. The minimum atomic E-state index is -0.879. The van der Waals surface area contributed by atoms with Crippen LogP contribution in [0.25, 0.3) is 0 Å². The Labute approximate surface area is 102 Å². The molecule has 4 heteroatoms. The van der Waals surface area contributed by atoms with Gasteiger partial charge in [0.1, 0.15) is 0 Å². The van der Waals surface area contributed by atoms with Gasteiger partial charge in [-0.15, -0.1) is 0 Å². The second-order valence-corrected chi connectivity index (χ2v) is 3.72. The molecule has 0 unspecified atom stereocenters. The number of likely N-dealkylation sites (N-methyl/N-ethyl adjacent to an activating group) is 1. The van der Waals surface area contributed by atoms with Gasteiger partial charge in [-0.05, 0) is 18.7 Å². The molecule has 1 fully saturated rings. The van der Waals surface area contributed by atoms with E-state index >= 15 is 0 Å². The first-order valence-electron chi connectivity index (χ1n) is 5.82. The van der Waals surface area contributed by atoms with E-state index in [2.05, 4.69) is 11.8 Å². The molecule has 4 nitrogen and oxygen atoms in total. The molecule has 0 saturated carbocycles. The summed E-state index contributed by atoms with van der Waals surface area (Å²) in [6.07, 6.45) is 0. The molecule has 0 spiro atoms. The van der Waals surface area contributed by atoms with Crippen LogP contribution >= 0.6 is 0 Å². The van der Waals surface area contributed by atoms with E-state index in [4.69, 9.17) is 9.84 Å². The normalized spacial score (nSPS) is 15.8. The number of nitrogens with zero attached hydrogens (tertiary/aromatic N) is 1. The lowest BCUT2D eigenvalue weighted by molar-refractivity contribution is 0.0405. The number of hydrogen-bond acceptors (Lipinski definition) is 3. The van der Waals surface area contributed by atoms with Crippen molar-refractivity contribution in [3.8, 4) is 0 Å². The highest BCUT2D eigenvalue weighted by atomic mass is 16.5. The fourth-order valence-corrected chi connectivity index (χ4v) is 1.50. The minimum absolute atomic E-state index is 0.331. The summed E-state index contributed by atoms with van der Waals surface area (Å²) in [6.45, 7) is 7.45. The zero-order chi connectivity index (χ0) is 12.5. The molecule has 1 N–H and O–H groups in total. The SMILES string of the molecule is CCN1CCOCC1.O=C(O)c1ccccc1. The molecule has 1 saturated heterocycles. The zero-order valence-electron chi connectivity index (χ0n) is 10.1. The number of carboxylic acids is 1. The lowest BCUT2D eigenvalue weighted by Crippen LogP contribution is -2.35. The van der Waals surface area contributed by atoms with Crippen molar-refractivity contribution in [3.63, 3.8) is 0 Å². The van der Waals surface area contributed by atoms with Crippen molar-refractivity contribution in [1.29, 1.82) is 0 Å². The maximum absolute atomic E-state index is 10.2. The van der Waals surface area contributed by atoms with Crippen LogP contribution in [0.5, 0.6) is 0 Å². The molecule has 0 aliphatic carbocycles. The first kappa shape index (κ1) is 13.7. The van der Waals surface area contributed by atoms with Gasteiger partial charge in [-0.25, -0.2) is 4.79 Å². The molecule has 1 aliphatic heterocycles. The van der Waals surface area contributed by atoms with Gasteiger partial charge in [0.2, 0.25) is 0 Å². The van der Waals surface area contributed by atoms with Gasteiger partial charge in [-0.3, -0.25) is 4.90 Å². The third kappa shape index (κ3) is 5.47. The average molecular weight is 237 g/mol. The summed E-state index contributed by atoms with van der Waals surface area (Å²) in [5.41, 5.74) is 0.331. The van der Waals surface area contributed by atoms with E-state index in [1.807, 2.05) is 0 Å². The maximum Gasteiger partial charge on any atom is 0.335 e. The van der Waals surface area contributed by atoms with Crippen molar-refractivity contribution >= 4 is 5.97 Å². The highest BCUT2D eigenvalue weighted by Gasteiger charge is 2.05. The van der Waals surface area contributed by atoms with Crippen molar-refractivity contribution in [2.75, 3.05) is 32.8 Å². The quantitative estimate of drug-likeness (QED) is 0.851. The number of carboxylic acid groups (broad SMARTS) is 1. The first-order valence-corrected chi connectivity index (χ1v) is 5.82. The van der Waals surface area contributed by atoms with E-state index in [0.29, 0.717) is 5.56 Å². The van der Waals surface area contributed by atoms with E-state index in [1.165, 1.54) is 6.54 Å². The Hall–Kier alpha value is -1.39. The van der Waals surface area contributed by atoms with Crippen LogP contribution in [0.15, 0.2) is 30.3 Å². The zero-order valence-corrected chi connectivity index (χ0v) is 10.1. The average Bonchev–Trinajstić information content (AvgIpc) is 2.41. The van der Waals surface area contributed by atoms with Crippen LogP contribution in [0.2, 0.25) is 0 Å². The summed E-state index contributed by atoms with van der Waals surface area (Å²) in [5.74, 6) is -0.879. The van der Waals surface area contributed by atoms with Gasteiger partial charge in [0.25, 0.3) is 0 Å². The van der Waals surface area contributed by atoms with Gasteiger partial charge in [0.05, 0.1) is 18.8 Å². The fraction of sp³-hybridized carbons (Fsp3) is 0.462. The molecule has 0 radical (unpaired) electrons. The molecular formula is C13H19NO3. The topological polar surface area (TPSA) is 49.8 Å². The van der Waals surface area contributed by atoms with Crippen molar-refractivity contribution in [2.45, 2.75) is 6.92 Å². The van der Waals surface area contributed by atoms with Crippen LogP contribution < -0.4 is 0 Å². The minimum Gasteiger partial charge on any atom is -0.478 e. The Balaban J connectivity index is 0.000000171. The summed E-state index contributed by atoms with van der Waals surface area (Å²) in [5, 5.41) is 8.38. The van der Waals surface area contributed by atoms with Crippen molar-refractivity contribution in [2.24, 2.45) is 0 Å². The number of benzene rings is 1. The Morgan fingerprint density at radius 2 is 1.88 bits per heavy atom. The van der Waals surface area contributed by atoms with Gasteiger partial charge >= 0.3 is 5.97 Å². The Morgan fingerprint density at radius 1 is 1.29 bits per heavy atom. The van der Waals surface area contributed by atoms with Gasteiger partial charge in [0, 0.05) is 13.1 Å². The van der Waals surface area contributed by atoms with Crippen LogP contribution in [0.1, 0.15) is 17.3 Å². The highest BCUT2D eigenvalue weighted by molar-refractivity contribution is 5.87. The van der Waals surface area contributed by atoms with Crippen LogP contribution in [-0.2, 0) is 4.74 Å². The predicted molar refractivity (Wildman–Crippen MR) is 66.3 cm³/mol.